The lowest BCUT2D eigenvalue weighted by atomic mass is 10.1. The van der Waals surface area contributed by atoms with Gasteiger partial charge in [0.1, 0.15) is 16.7 Å². The quantitative estimate of drug-likeness (QED) is 0.670. The van der Waals surface area contributed by atoms with Gasteiger partial charge in [0, 0.05) is 17.5 Å². The van der Waals surface area contributed by atoms with Gasteiger partial charge in [-0.05, 0) is 19.1 Å². The Labute approximate surface area is 104 Å². The topological polar surface area (TPSA) is 35.0 Å². The number of para-hydroxylation sites is 1. The van der Waals surface area contributed by atoms with E-state index in [0.29, 0.717) is 17.6 Å². The van der Waals surface area contributed by atoms with E-state index in [4.69, 9.17) is 16.3 Å². The maximum absolute atomic E-state index is 6.18. The normalized spacial score (nSPS) is 13.3. The van der Waals surface area contributed by atoms with Crippen molar-refractivity contribution < 1.29 is 4.74 Å². The molecule has 0 saturated carbocycles. The molecule has 0 spiro atoms. The minimum Gasteiger partial charge on any atom is -0.493 e. The van der Waals surface area contributed by atoms with E-state index in [1.54, 1.807) is 0 Å². The molecule has 0 N–H and O–H groups in total. The SMILES string of the molecule is Cc1nc(Cl)c2c(n1)-c1ccccc1OCC2. The molecule has 1 aromatic carbocycles. The summed E-state index contributed by atoms with van der Waals surface area (Å²) in [7, 11) is 0. The molecule has 0 aliphatic carbocycles. The Bertz CT molecular complexity index is 584. The highest BCUT2D eigenvalue weighted by Crippen LogP contribution is 2.35. The smallest absolute Gasteiger partial charge is 0.136 e. The molecule has 0 unspecified atom stereocenters. The highest BCUT2D eigenvalue weighted by atomic mass is 35.5. The molecule has 1 aliphatic heterocycles. The number of hydrogen-bond donors (Lipinski definition) is 0. The highest BCUT2D eigenvalue weighted by molar-refractivity contribution is 6.30. The second kappa shape index (κ2) is 4.00. The molecule has 3 rings (SSSR count). The molecule has 0 atom stereocenters. The van der Waals surface area contributed by atoms with Crippen LogP contribution >= 0.6 is 11.6 Å². The number of aryl methyl sites for hydroxylation is 1. The Morgan fingerprint density at radius 1 is 1.24 bits per heavy atom. The van der Waals surface area contributed by atoms with Gasteiger partial charge in [0.2, 0.25) is 0 Å². The van der Waals surface area contributed by atoms with Crippen LogP contribution in [0.2, 0.25) is 5.15 Å². The van der Waals surface area contributed by atoms with E-state index in [1.807, 2.05) is 31.2 Å². The van der Waals surface area contributed by atoms with Crippen molar-refractivity contribution in [3.8, 4) is 17.0 Å². The van der Waals surface area contributed by atoms with Gasteiger partial charge in [0.15, 0.2) is 0 Å². The van der Waals surface area contributed by atoms with Crippen molar-refractivity contribution in [3.63, 3.8) is 0 Å². The minimum absolute atomic E-state index is 0.535. The first-order valence-electron chi connectivity index (χ1n) is 5.51. The summed E-state index contributed by atoms with van der Waals surface area (Å²) in [6.07, 6.45) is 0.739. The molecule has 1 aliphatic rings. The molecule has 0 fully saturated rings. The van der Waals surface area contributed by atoms with Gasteiger partial charge in [-0.2, -0.15) is 0 Å². The maximum atomic E-state index is 6.18. The van der Waals surface area contributed by atoms with Gasteiger partial charge in [-0.3, -0.25) is 0 Å². The van der Waals surface area contributed by atoms with Crippen LogP contribution in [0.5, 0.6) is 5.75 Å². The molecule has 0 bridgehead atoms. The first-order chi connectivity index (χ1) is 8.25. The molecular weight excluding hydrogens is 236 g/mol. The maximum Gasteiger partial charge on any atom is 0.136 e. The fourth-order valence-electron chi connectivity index (χ4n) is 2.06. The summed E-state index contributed by atoms with van der Waals surface area (Å²) in [5, 5.41) is 0.535. The molecule has 17 heavy (non-hydrogen) atoms. The summed E-state index contributed by atoms with van der Waals surface area (Å²) in [6, 6.07) is 7.89. The van der Waals surface area contributed by atoms with Crippen molar-refractivity contribution in [2.75, 3.05) is 6.61 Å². The highest BCUT2D eigenvalue weighted by Gasteiger charge is 2.19. The number of rotatable bonds is 0. The largest absolute Gasteiger partial charge is 0.493 e. The third kappa shape index (κ3) is 1.76. The fraction of sp³-hybridized carbons (Fsp3) is 0.231. The predicted octanol–water partition coefficient (Wildman–Crippen LogP) is 3.04. The van der Waals surface area contributed by atoms with Crippen molar-refractivity contribution in [2.45, 2.75) is 13.3 Å². The van der Waals surface area contributed by atoms with Crippen LogP contribution in [-0.2, 0) is 6.42 Å². The van der Waals surface area contributed by atoms with E-state index in [9.17, 15) is 0 Å². The van der Waals surface area contributed by atoms with E-state index >= 15 is 0 Å². The first kappa shape index (κ1) is 10.5. The Kier molecular flexibility index (Phi) is 2.48. The Morgan fingerprint density at radius 2 is 2.06 bits per heavy atom. The average molecular weight is 247 g/mol. The predicted molar refractivity (Wildman–Crippen MR) is 66.4 cm³/mol. The molecule has 0 amide bonds. The van der Waals surface area contributed by atoms with Gasteiger partial charge in [0.25, 0.3) is 0 Å². The van der Waals surface area contributed by atoms with Gasteiger partial charge in [-0.1, -0.05) is 23.7 Å². The molecule has 3 nitrogen and oxygen atoms in total. The summed E-state index contributed by atoms with van der Waals surface area (Å²) in [4.78, 5) is 8.70. The third-order valence-corrected chi connectivity index (χ3v) is 3.13. The summed E-state index contributed by atoms with van der Waals surface area (Å²) in [5.74, 6) is 1.55. The van der Waals surface area contributed by atoms with Crippen LogP contribution in [0.15, 0.2) is 24.3 Å². The number of ether oxygens (including phenoxy) is 1. The zero-order valence-corrected chi connectivity index (χ0v) is 10.2. The van der Waals surface area contributed by atoms with Crippen LogP contribution in [0.3, 0.4) is 0 Å². The van der Waals surface area contributed by atoms with Gasteiger partial charge >= 0.3 is 0 Å². The number of halogens is 1. The number of aromatic nitrogens is 2. The fourth-order valence-corrected chi connectivity index (χ4v) is 2.36. The average Bonchev–Trinajstić information content (AvgIpc) is 2.49. The molecule has 2 heterocycles. The Balaban J connectivity index is 2.32. The number of hydrogen-bond acceptors (Lipinski definition) is 3. The van der Waals surface area contributed by atoms with Gasteiger partial charge in [-0.25, -0.2) is 9.97 Å². The molecule has 2 aromatic rings. The summed E-state index contributed by atoms with van der Waals surface area (Å²) in [5.41, 5.74) is 2.87. The minimum atomic E-state index is 0.535. The van der Waals surface area contributed by atoms with E-state index in [1.165, 1.54) is 0 Å². The molecule has 1 aromatic heterocycles. The molecule has 0 saturated heterocycles. The summed E-state index contributed by atoms with van der Waals surface area (Å²) >= 11 is 6.18. The second-order valence-corrected chi connectivity index (χ2v) is 4.34. The van der Waals surface area contributed by atoms with Crippen LogP contribution in [0.25, 0.3) is 11.3 Å². The summed E-state index contributed by atoms with van der Waals surface area (Å²) in [6.45, 7) is 2.46. The standard InChI is InChI=1S/C13H11ClN2O/c1-8-15-12-9-4-2-3-5-11(9)17-7-6-10(12)13(14)16-8/h2-5H,6-7H2,1H3. The van der Waals surface area contributed by atoms with Crippen molar-refractivity contribution in [1.82, 2.24) is 9.97 Å². The Morgan fingerprint density at radius 3 is 2.94 bits per heavy atom. The van der Waals surface area contributed by atoms with Crippen molar-refractivity contribution in [1.29, 1.82) is 0 Å². The zero-order chi connectivity index (χ0) is 11.8. The van der Waals surface area contributed by atoms with Crippen LogP contribution in [0.4, 0.5) is 0 Å². The monoisotopic (exact) mass is 246 g/mol. The van der Waals surface area contributed by atoms with Crippen molar-refractivity contribution in [3.05, 3.63) is 40.8 Å². The lowest BCUT2D eigenvalue weighted by Gasteiger charge is -2.08. The van der Waals surface area contributed by atoms with E-state index in [-0.39, 0.29) is 0 Å². The number of benzene rings is 1. The van der Waals surface area contributed by atoms with Gasteiger partial charge < -0.3 is 4.74 Å². The molecule has 0 radical (unpaired) electrons. The third-order valence-electron chi connectivity index (χ3n) is 2.82. The van der Waals surface area contributed by atoms with Gasteiger partial charge in [0.05, 0.1) is 12.3 Å². The zero-order valence-electron chi connectivity index (χ0n) is 9.40. The summed E-state index contributed by atoms with van der Waals surface area (Å²) < 4.78 is 5.70. The van der Waals surface area contributed by atoms with Crippen molar-refractivity contribution >= 4 is 11.6 Å². The van der Waals surface area contributed by atoms with E-state index < -0.39 is 0 Å². The van der Waals surface area contributed by atoms with Crippen LogP contribution in [0, 0.1) is 6.92 Å². The van der Waals surface area contributed by atoms with E-state index in [0.717, 1.165) is 29.0 Å². The van der Waals surface area contributed by atoms with Crippen LogP contribution in [0.1, 0.15) is 11.4 Å². The Hall–Kier alpha value is -1.61. The van der Waals surface area contributed by atoms with Crippen LogP contribution in [-0.4, -0.2) is 16.6 Å². The molecular formula is C13H11ClN2O. The van der Waals surface area contributed by atoms with Crippen molar-refractivity contribution in [2.24, 2.45) is 0 Å². The van der Waals surface area contributed by atoms with E-state index in [2.05, 4.69) is 9.97 Å². The van der Waals surface area contributed by atoms with Crippen LogP contribution < -0.4 is 4.74 Å². The molecule has 4 heteroatoms. The lowest BCUT2D eigenvalue weighted by Crippen LogP contribution is -2.02. The molecule has 86 valence electrons. The van der Waals surface area contributed by atoms with Gasteiger partial charge in [-0.15, -0.1) is 0 Å². The number of fused-ring (bicyclic) bond motifs is 3. The number of nitrogens with zero attached hydrogens (tertiary/aromatic N) is 2. The first-order valence-corrected chi connectivity index (χ1v) is 5.89. The lowest BCUT2D eigenvalue weighted by molar-refractivity contribution is 0.326. The second-order valence-electron chi connectivity index (χ2n) is 3.98.